The first kappa shape index (κ1) is 25.1. The molecule has 0 bridgehead atoms. The largest absolute Gasteiger partial charge is 0.447 e. The normalized spacial score (nSPS) is 28.5. The van der Waals surface area contributed by atoms with Gasteiger partial charge < -0.3 is 50.8 Å². The number of ether oxygens (including phenoxy) is 2. The molecule has 2 heterocycles. The number of carbonyl (C=O) groups is 1. The Morgan fingerprint density at radius 2 is 1.97 bits per heavy atom. The molecule has 1 aliphatic heterocycles. The first-order chi connectivity index (χ1) is 14.3. The minimum Gasteiger partial charge on any atom is -0.447 e. The lowest BCUT2D eigenvalue weighted by molar-refractivity contribution is -0.0542. The third-order valence-electron chi connectivity index (χ3n) is 4.40. The van der Waals surface area contributed by atoms with Crippen LogP contribution in [0.25, 0.3) is 0 Å². The summed E-state index contributed by atoms with van der Waals surface area (Å²) >= 11 is 0. The van der Waals surface area contributed by atoms with E-state index in [0.29, 0.717) is 0 Å². The van der Waals surface area contributed by atoms with Gasteiger partial charge in [-0.3, -0.25) is 18.9 Å². The Morgan fingerprint density at radius 1 is 1.32 bits per heavy atom. The Kier molecular flexibility index (Phi) is 8.09. The Bertz CT molecular complexity index is 936. The van der Waals surface area contributed by atoms with E-state index in [2.05, 4.69) is 4.74 Å². The summed E-state index contributed by atoms with van der Waals surface area (Å²) in [6.07, 6.45) is -10.4. The lowest BCUT2D eigenvalue weighted by Crippen LogP contribution is -2.46. The molecule has 0 spiro atoms. The van der Waals surface area contributed by atoms with Gasteiger partial charge in [-0.1, -0.05) is 0 Å². The van der Waals surface area contributed by atoms with Crippen molar-refractivity contribution in [3.8, 4) is 0 Å². The average molecular weight is 470 g/mol. The first-order valence-electron chi connectivity index (χ1n) is 8.69. The number of hydrogen-bond acceptors (Lipinski definition) is 12. The van der Waals surface area contributed by atoms with Gasteiger partial charge in [-0.25, -0.2) is 9.59 Å². The molecule has 10 N–H and O–H groups in total. The van der Waals surface area contributed by atoms with Crippen molar-refractivity contribution in [2.75, 3.05) is 13.2 Å². The van der Waals surface area contributed by atoms with Gasteiger partial charge in [0.05, 0.1) is 6.61 Å². The molecule has 31 heavy (non-hydrogen) atoms. The molecule has 8 atom stereocenters. The van der Waals surface area contributed by atoms with E-state index < -0.39 is 80.7 Å². The third kappa shape index (κ3) is 5.97. The number of nitrogens with one attached hydrogen (secondary N) is 1. The van der Waals surface area contributed by atoms with Crippen LogP contribution >= 0.6 is 7.60 Å². The molecule has 1 fully saturated rings. The monoisotopic (exact) mass is 470 g/mol. The lowest BCUT2D eigenvalue weighted by Gasteiger charge is -2.27. The molecule has 16 nitrogen and oxygen atoms in total. The van der Waals surface area contributed by atoms with Gasteiger partial charge in [-0.05, 0) is 0 Å². The van der Waals surface area contributed by atoms with E-state index in [1.165, 1.54) is 0 Å². The van der Waals surface area contributed by atoms with E-state index in [0.717, 1.165) is 16.8 Å². The fraction of sp³-hybridized carbons (Fsp3) is 0.643. The molecule has 0 aromatic carbocycles. The second-order valence-corrected chi connectivity index (χ2v) is 8.58. The van der Waals surface area contributed by atoms with Crippen LogP contribution in [0.3, 0.4) is 0 Å². The second kappa shape index (κ2) is 9.99. The van der Waals surface area contributed by atoms with Crippen molar-refractivity contribution in [2.24, 2.45) is 11.5 Å². The Labute approximate surface area is 173 Å². The molecule has 2 rings (SSSR count). The van der Waals surface area contributed by atoms with Crippen LogP contribution in [0.4, 0.5) is 4.79 Å². The molecule has 0 saturated carbocycles. The highest BCUT2D eigenvalue weighted by Crippen LogP contribution is 2.47. The van der Waals surface area contributed by atoms with Crippen LogP contribution in [0, 0.1) is 0 Å². The minimum atomic E-state index is -4.84. The number of aromatic amines is 1. The maximum Gasteiger partial charge on any atom is 0.404 e. The molecule has 1 saturated heterocycles. The van der Waals surface area contributed by atoms with Gasteiger partial charge in [0.25, 0.3) is 5.56 Å². The quantitative estimate of drug-likeness (QED) is 0.158. The highest BCUT2D eigenvalue weighted by atomic mass is 31.2. The van der Waals surface area contributed by atoms with Crippen LogP contribution in [-0.4, -0.2) is 90.5 Å². The zero-order valence-corrected chi connectivity index (χ0v) is 16.6. The molecule has 1 aliphatic rings. The van der Waals surface area contributed by atoms with Gasteiger partial charge in [0.2, 0.25) is 0 Å². The molecule has 0 aliphatic carbocycles. The maximum absolute atomic E-state index is 12.3. The van der Waals surface area contributed by atoms with E-state index in [1.807, 2.05) is 4.98 Å². The van der Waals surface area contributed by atoms with Crippen LogP contribution < -0.4 is 22.7 Å². The molecule has 17 heteroatoms. The summed E-state index contributed by atoms with van der Waals surface area (Å²) in [7, 11) is -4.84. The zero-order chi connectivity index (χ0) is 23.5. The summed E-state index contributed by atoms with van der Waals surface area (Å²) in [4.78, 5) is 45.4. The van der Waals surface area contributed by atoms with E-state index in [9.17, 15) is 44.3 Å². The molecule has 1 aromatic heterocycles. The molecule has 1 amide bonds. The molecular formula is C14H23N4O12P. The highest BCUT2D eigenvalue weighted by molar-refractivity contribution is 7.53. The Hall–Kier alpha value is -2.14. The van der Waals surface area contributed by atoms with Crippen molar-refractivity contribution in [3.63, 3.8) is 0 Å². The number of nitrogens with zero attached hydrogens (tertiary/aromatic N) is 1. The number of aliphatic hydroxyl groups excluding tert-OH is 4. The van der Waals surface area contributed by atoms with Crippen molar-refractivity contribution in [2.45, 2.75) is 42.5 Å². The van der Waals surface area contributed by atoms with Gasteiger partial charge in [-0.2, -0.15) is 0 Å². The predicted octanol–water partition coefficient (Wildman–Crippen LogP) is -4.54. The van der Waals surface area contributed by atoms with Gasteiger partial charge >= 0.3 is 19.4 Å². The standard InChI is InChI=1S/C14H23N4O12P/c15-11(8(21)5(19)3-28-13(16)24)31(26,27)29-4-6-9(22)10(23)12(30-6)18-2-1-7(20)17-14(18)25/h1-2,5-6,8-12,19,21-23H,3-4,15H2,(H2,16,24)(H,26,27)(H,17,20,25)/t5-,6+,8+,9+,10+,11+,12+/m0/s1. The number of rotatable bonds is 9. The second-order valence-electron chi connectivity index (χ2n) is 6.60. The number of nitrogens with two attached hydrogens (primary N) is 2. The number of carbonyl (C=O) groups excluding carboxylic acids is 1. The van der Waals surface area contributed by atoms with Gasteiger partial charge in [-0.15, -0.1) is 0 Å². The summed E-state index contributed by atoms with van der Waals surface area (Å²) < 4.78 is 27.4. The van der Waals surface area contributed by atoms with Crippen LogP contribution in [0.15, 0.2) is 21.9 Å². The third-order valence-corrected chi connectivity index (χ3v) is 5.98. The van der Waals surface area contributed by atoms with E-state index in [1.54, 1.807) is 0 Å². The van der Waals surface area contributed by atoms with E-state index >= 15 is 0 Å². The number of H-pyrrole nitrogens is 1. The van der Waals surface area contributed by atoms with E-state index in [-0.39, 0.29) is 0 Å². The Balaban J connectivity index is 2.02. The fourth-order valence-corrected chi connectivity index (χ4v) is 3.79. The lowest BCUT2D eigenvalue weighted by atomic mass is 10.1. The van der Waals surface area contributed by atoms with Crippen LogP contribution in [0.5, 0.6) is 0 Å². The topological polar surface area (TPSA) is 270 Å². The molecule has 176 valence electrons. The van der Waals surface area contributed by atoms with Gasteiger partial charge in [0, 0.05) is 12.3 Å². The van der Waals surface area contributed by atoms with Crippen molar-refractivity contribution in [1.82, 2.24) is 9.55 Å². The number of hydrogen-bond donors (Lipinski definition) is 8. The summed E-state index contributed by atoms with van der Waals surface area (Å²) in [6.45, 7) is -1.62. The van der Waals surface area contributed by atoms with Crippen molar-refractivity contribution in [1.29, 1.82) is 0 Å². The number of aromatic nitrogens is 2. The number of aliphatic hydroxyl groups is 4. The van der Waals surface area contributed by atoms with Crippen LogP contribution in [-0.2, 0) is 18.6 Å². The van der Waals surface area contributed by atoms with Crippen molar-refractivity contribution >= 4 is 13.7 Å². The molecule has 1 aromatic rings. The van der Waals surface area contributed by atoms with Crippen LogP contribution in [0.2, 0.25) is 0 Å². The predicted molar refractivity (Wildman–Crippen MR) is 98.5 cm³/mol. The van der Waals surface area contributed by atoms with Crippen LogP contribution in [0.1, 0.15) is 6.23 Å². The van der Waals surface area contributed by atoms with Crippen molar-refractivity contribution in [3.05, 3.63) is 33.1 Å². The summed E-state index contributed by atoms with van der Waals surface area (Å²) in [5, 5.41) is 39.7. The number of primary amides is 1. The molecular weight excluding hydrogens is 447 g/mol. The molecule has 0 radical (unpaired) electrons. The zero-order valence-electron chi connectivity index (χ0n) is 15.8. The average Bonchev–Trinajstić information content (AvgIpc) is 2.97. The SMILES string of the molecule is NC(=O)OC[C@H](O)[C@@H](O)[C@H](N)P(=O)(O)OC[C@H]1O[C@@H](n2ccc(=O)[nH]c2=O)[C@H](O)[C@@H]1O. The van der Waals surface area contributed by atoms with Gasteiger partial charge in [0.15, 0.2) is 6.23 Å². The maximum atomic E-state index is 12.3. The van der Waals surface area contributed by atoms with Gasteiger partial charge in [0.1, 0.15) is 42.9 Å². The summed E-state index contributed by atoms with van der Waals surface area (Å²) in [5.41, 5.74) is 8.52. The summed E-state index contributed by atoms with van der Waals surface area (Å²) in [6, 6.07) is 0.975. The summed E-state index contributed by atoms with van der Waals surface area (Å²) in [5.74, 6) is -2.06. The first-order valence-corrected chi connectivity index (χ1v) is 10.3. The Morgan fingerprint density at radius 3 is 2.55 bits per heavy atom. The number of amides is 1. The van der Waals surface area contributed by atoms with Crippen molar-refractivity contribution < 1.29 is 48.7 Å². The minimum absolute atomic E-state index is 0.702. The smallest absolute Gasteiger partial charge is 0.404 e. The fourth-order valence-electron chi connectivity index (χ4n) is 2.68. The highest BCUT2D eigenvalue weighted by Gasteiger charge is 2.46. The van der Waals surface area contributed by atoms with E-state index in [4.69, 9.17) is 20.7 Å². The molecule has 1 unspecified atom stereocenters.